The largest absolute Gasteiger partial charge is 0.394 e. The topological polar surface area (TPSA) is 110 Å². The van der Waals surface area contributed by atoms with E-state index in [-0.39, 0.29) is 6.54 Å². The summed E-state index contributed by atoms with van der Waals surface area (Å²) < 4.78 is 0. The van der Waals surface area contributed by atoms with E-state index in [0.717, 1.165) is 19.4 Å². The second-order valence-corrected chi connectivity index (χ2v) is 4.96. The molecule has 0 fully saturated rings. The highest BCUT2D eigenvalue weighted by atomic mass is 16.4. The first-order valence-corrected chi connectivity index (χ1v) is 7.14. The van der Waals surface area contributed by atoms with Crippen molar-refractivity contribution in [3.8, 4) is 0 Å². The van der Waals surface area contributed by atoms with Crippen LogP contribution in [0.5, 0.6) is 0 Å². The maximum atomic E-state index is 9.82. The molecule has 0 aromatic rings. The lowest BCUT2D eigenvalue weighted by molar-refractivity contribution is -0.0839. The Balaban J connectivity index is 4.09. The Bertz CT molecular complexity index is 207. The summed E-state index contributed by atoms with van der Waals surface area (Å²) in [5.74, 6) is 0. The van der Waals surface area contributed by atoms with Crippen LogP contribution in [-0.4, -0.2) is 76.4 Å². The molecule has 3 atom stereocenters. The van der Waals surface area contributed by atoms with Gasteiger partial charge in [0.2, 0.25) is 0 Å². The van der Waals surface area contributed by atoms with Crippen molar-refractivity contribution in [1.82, 2.24) is 4.90 Å². The van der Waals surface area contributed by atoms with E-state index in [0.29, 0.717) is 13.1 Å². The second kappa shape index (κ2) is 11.6. The van der Waals surface area contributed by atoms with Crippen LogP contribution in [0.15, 0.2) is 0 Å². The molecule has 0 aliphatic carbocycles. The summed E-state index contributed by atoms with van der Waals surface area (Å²) >= 11 is 0. The fourth-order valence-corrected chi connectivity index (χ4v) is 1.98. The van der Waals surface area contributed by atoms with E-state index in [1.807, 2.05) is 4.90 Å². The molecule has 0 aromatic carbocycles. The van der Waals surface area contributed by atoms with Crippen LogP contribution in [-0.2, 0) is 0 Å². The van der Waals surface area contributed by atoms with Crippen LogP contribution in [0, 0.1) is 0 Å². The molecule has 0 spiro atoms. The Morgan fingerprint density at radius 2 is 1.68 bits per heavy atom. The van der Waals surface area contributed by atoms with Gasteiger partial charge in [-0.05, 0) is 13.0 Å². The lowest BCUT2D eigenvalue weighted by Gasteiger charge is -2.28. The molecule has 0 heterocycles. The fraction of sp³-hybridized carbons (Fsp3) is 1.00. The highest BCUT2D eigenvalue weighted by molar-refractivity contribution is 4.78. The van der Waals surface area contributed by atoms with E-state index < -0.39 is 24.9 Å². The van der Waals surface area contributed by atoms with Crippen molar-refractivity contribution in [2.75, 3.05) is 32.8 Å². The minimum atomic E-state index is -1.33. The maximum Gasteiger partial charge on any atom is 0.109 e. The quantitative estimate of drug-likeness (QED) is 0.290. The van der Waals surface area contributed by atoms with Crippen molar-refractivity contribution in [3.63, 3.8) is 0 Å². The summed E-state index contributed by atoms with van der Waals surface area (Å²) in [4.78, 5) is 1.98. The highest BCUT2D eigenvalue weighted by Gasteiger charge is 2.25. The zero-order valence-corrected chi connectivity index (χ0v) is 11.9. The molecule has 0 rings (SSSR count). The van der Waals surface area contributed by atoms with E-state index in [1.54, 1.807) is 0 Å². The van der Waals surface area contributed by atoms with E-state index in [4.69, 9.17) is 10.8 Å². The summed E-state index contributed by atoms with van der Waals surface area (Å²) in [7, 11) is 0. The molecular weight excluding hydrogens is 248 g/mol. The molecule has 0 aromatic heterocycles. The Hall–Kier alpha value is -0.240. The fourth-order valence-electron chi connectivity index (χ4n) is 1.98. The summed E-state index contributed by atoms with van der Waals surface area (Å²) in [6, 6.07) is 0. The van der Waals surface area contributed by atoms with Gasteiger partial charge in [0.15, 0.2) is 0 Å². The molecule has 6 N–H and O–H groups in total. The maximum absolute atomic E-state index is 9.82. The van der Waals surface area contributed by atoms with E-state index >= 15 is 0 Å². The van der Waals surface area contributed by atoms with Crippen LogP contribution < -0.4 is 5.73 Å². The van der Waals surface area contributed by atoms with E-state index in [2.05, 4.69) is 6.92 Å². The van der Waals surface area contributed by atoms with Crippen molar-refractivity contribution in [2.24, 2.45) is 5.73 Å². The van der Waals surface area contributed by atoms with Gasteiger partial charge in [0.05, 0.1) is 12.7 Å². The van der Waals surface area contributed by atoms with Crippen molar-refractivity contribution < 1.29 is 20.4 Å². The van der Waals surface area contributed by atoms with Crippen LogP contribution in [0.2, 0.25) is 0 Å². The predicted molar refractivity (Wildman–Crippen MR) is 74.7 cm³/mol. The van der Waals surface area contributed by atoms with E-state index in [1.165, 1.54) is 12.8 Å². The third-order valence-corrected chi connectivity index (χ3v) is 3.19. The molecular formula is C13H30N2O4. The highest BCUT2D eigenvalue weighted by Crippen LogP contribution is 2.06. The molecule has 0 unspecified atom stereocenters. The van der Waals surface area contributed by atoms with Crippen LogP contribution >= 0.6 is 0 Å². The van der Waals surface area contributed by atoms with Crippen molar-refractivity contribution >= 4 is 0 Å². The van der Waals surface area contributed by atoms with Gasteiger partial charge in [0, 0.05) is 19.6 Å². The van der Waals surface area contributed by atoms with Gasteiger partial charge >= 0.3 is 0 Å². The molecule has 19 heavy (non-hydrogen) atoms. The van der Waals surface area contributed by atoms with Crippen molar-refractivity contribution in [3.05, 3.63) is 0 Å². The summed E-state index contributed by atoms with van der Waals surface area (Å²) in [5, 5.41) is 37.4. The van der Waals surface area contributed by atoms with Gasteiger partial charge in [0.1, 0.15) is 12.2 Å². The first-order chi connectivity index (χ1) is 9.06. The number of aliphatic hydroxyl groups excluding tert-OH is 4. The molecule has 0 bridgehead atoms. The van der Waals surface area contributed by atoms with Gasteiger partial charge in [-0.2, -0.15) is 0 Å². The standard InChI is InChI=1S/C13H30N2O4/c1-2-3-4-5-7-15(8-6-14)9-11(17)13(19)12(18)10-16/h11-13,16-19H,2-10,14H2,1H3/t11-,12+,13+/m0/s1. The lowest BCUT2D eigenvalue weighted by Crippen LogP contribution is -2.47. The third kappa shape index (κ3) is 8.52. The number of aliphatic hydroxyl groups is 4. The Labute approximate surface area is 115 Å². The minimum absolute atomic E-state index is 0.252. The minimum Gasteiger partial charge on any atom is -0.394 e. The molecule has 6 heteroatoms. The number of nitrogens with two attached hydrogens (primary N) is 1. The normalized spacial score (nSPS) is 16.6. The molecule has 116 valence electrons. The summed E-state index contributed by atoms with van der Waals surface area (Å²) in [6.45, 7) is 3.78. The number of rotatable bonds is 12. The van der Waals surface area contributed by atoms with Crippen LogP contribution in [0.1, 0.15) is 32.6 Å². The molecule has 6 nitrogen and oxygen atoms in total. The van der Waals surface area contributed by atoms with Gasteiger partial charge in [-0.1, -0.05) is 26.2 Å². The first kappa shape index (κ1) is 18.8. The molecule has 0 amide bonds. The van der Waals surface area contributed by atoms with Crippen LogP contribution in [0.3, 0.4) is 0 Å². The van der Waals surface area contributed by atoms with Gasteiger partial charge < -0.3 is 26.2 Å². The van der Waals surface area contributed by atoms with Crippen LogP contribution in [0.25, 0.3) is 0 Å². The number of hydrogen-bond donors (Lipinski definition) is 5. The predicted octanol–water partition coefficient (Wildman–Crippen LogP) is -1.10. The monoisotopic (exact) mass is 278 g/mol. The second-order valence-electron chi connectivity index (χ2n) is 4.96. The van der Waals surface area contributed by atoms with E-state index in [9.17, 15) is 15.3 Å². The zero-order valence-electron chi connectivity index (χ0n) is 11.9. The lowest BCUT2D eigenvalue weighted by atomic mass is 10.1. The van der Waals surface area contributed by atoms with Gasteiger partial charge in [-0.15, -0.1) is 0 Å². The Morgan fingerprint density at radius 3 is 2.21 bits per heavy atom. The van der Waals surface area contributed by atoms with Crippen molar-refractivity contribution in [1.29, 1.82) is 0 Å². The molecule has 0 saturated carbocycles. The smallest absolute Gasteiger partial charge is 0.109 e. The van der Waals surface area contributed by atoms with Gasteiger partial charge in [-0.25, -0.2) is 0 Å². The third-order valence-electron chi connectivity index (χ3n) is 3.19. The molecule has 0 aliphatic heterocycles. The van der Waals surface area contributed by atoms with Gasteiger partial charge in [0.25, 0.3) is 0 Å². The number of hydrogen-bond acceptors (Lipinski definition) is 6. The molecule has 0 saturated heterocycles. The van der Waals surface area contributed by atoms with Crippen molar-refractivity contribution in [2.45, 2.75) is 50.9 Å². The van der Waals surface area contributed by atoms with Gasteiger partial charge in [-0.3, -0.25) is 4.90 Å². The molecule has 0 radical (unpaired) electrons. The summed E-state index contributed by atoms with van der Waals surface area (Å²) in [6.07, 6.45) is 0.788. The summed E-state index contributed by atoms with van der Waals surface area (Å²) in [5.41, 5.74) is 5.52. The van der Waals surface area contributed by atoms with Crippen LogP contribution in [0.4, 0.5) is 0 Å². The first-order valence-electron chi connectivity index (χ1n) is 7.14. The molecule has 0 aliphatic rings. The average Bonchev–Trinajstić information content (AvgIpc) is 2.41. The average molecular weight is 278 g/mol. The number of unbranched alkanes of at least 4 members (excludes halogenated alkanes) is 3. The number of nitrogens with zero attached hydrogens (tertiary/aromatic N) is 1. The Kier molecular flexibility index (Phi) is 11.4. The SMILES string of the molecule is CCCCCCN(CCN)C[C@H](O)[C@@H](O)[C@H](O)CO. The zero-order chi connectivity index (χ0) is 14.7. The Morgan fingerprint density at radius 1 is 1.00 bits per heavy atom.